The molecule has 1 fully saturated rings. The van der Waals surface area contributed by atoms with Crippen molar-refractivity contribution >= 4 is 30.7 Å². The van der Waals surface area contributed by atoms with E-state index in [1.165, 1.54) is 32.5 Å². The van der Waals surface area contributed by atoms with Crippen LogP contribution in [0.1, 0.15) is 52.9 Å². The summed E-state index contributed by atoms with van der Waals surface area (Å²) in [7, 11) is 0. The lowest BCUT2D eigenvalue weighted by molar-refractivity contribution is -0.122. The van der Waals surface area contributed by atoms with Gasteiger partial charge in [0.1, 0.15) is 0 Å². The number of nitrogens with two attached hydrogens (primary N) is 1. The molecule has 0 radical (unpaired) electrons. The summed E-state index contributed by atoms with van der Waals surface area (Å²) >= 11 is 0. The summed E-state index contributed by atoms with van der Waals surface area (Å²) in [5.41, 5.74) is 5.84. The summed E-state index contributed by atoms with van der Waals surface area (Å²) < 4.78 is 0. The van der Waals surface area contributed by atoms with Crippen molar-refractivity contribution in [2.45, 2.75) is 58.9 Å². The minimum absolute atomic E-state index is 0. The average Bonchev–Trinajstić information content (AvgIpc) is 2.39. The van der Waals surface area contributed by atoms with Crippen molar-refractivity contribution in [3.05, 3.63) is 0 Å². The van der Waals surface area contributed by atoms with Gasteiger partial charge in [0.25, 0.3) is 0 Å². The number of nitrogens with zero attached hydrogens (tertiary/aromatic N) is 1. The Balaban J connectivity index is 0. The van der Waals surface area contributed by atoms with Crippen LogP contribution in [0.3, 0.4) is 0 Å². The number of piperidine rings is 1. The molecule has 1 amide bonds. The van der Waals surface area contributed by atoms with Gasteiger partial charge >= 0.3 is 0 Å². The van der Waals surface area contributed by atoms with Gasteiger partial charge in [-0.05, 0) is 63.6 Å². The molecular weight excluding hydrogens is 321 g/mol. The van der Waals surface area contributed by atoms with Crippen molar-refractivity contribution in [1.29, 1.82) is 0 Å². The number of likely N-dealkylation sites (tertiary alicyclic amines) is 1. The van der Waals surface area contributed by atoms with Crippen LogP contribution in [0, 0.1) is 11.8 Å². The average molecular weight is 356 g/mol. The smallest absolute Gasteiger partial charge is 0.236 e. The standard InChI is InChI=1S/C16H33N3O.2ClH/c1-13(2)12-15(17)16(20)18-8-4-5-9-19-10-6-14(3)7-11-19;;/h13-15H,4-12,17H2,1-3H3,(H,18,20);2*1H/t15-;;/m0../s1. The lowest BCUT2D eigenvalue weighted by atomic mass is 9.99. The van der Waals surface area contributed by atoms with Gasteiger partial charge in [0.15, 0.2) is 0 Å². The number of halogens is 2. The van der Waals surface area contributed by atoms with E-state index in [1.54, 1.807) is 0 Å². The van der Waals surface area contributed by atoms with Crippen LogP contribution in [0.5, 0.6) is 0 Å². The maximum absolute atomic E-state index is 11.7. The van der Waals surface area contributed by atoms with E-state index < -0.39 is 0 Å². The van der Waals surface area contributed by atoms with Gasteiger partial charge in [-0.1, -0.05) is 20.8 Å². The highest BCUT2D eigenvalue weighted by molar-refractivity contribution is 5.85. The van der Waals surface area contributed by atoms with Crippen molar-refractivity contribution < 1.29 is 4.79 Å². The van der Waals surface area contributed by atoms with Crippen LogP contribution >= 0.6 is 24.8 Å². The fourth-order valence-electron chi connectivity index (χ4n) is 2.70. The summed E-state index contributed by atoms with van der Waals surface area (Å²) in [6, 6.07) is -0.349. The normalized spacial score (nSPS) is 17.5. The number of carbonyl (C=O) groups is 1. The molecule has 134 valence electrons. The maximum atomic E-state index is 11.7. The number of amides is 1. The molecule has 0 aromatic rings. The third-order valence-electron chi connectivity index (χ3n) is 4.14. The molecule has 0 unspecified atom stereocenters. The first kappa shape index (κ1) is 24.2. The molecule has 1 heterocycles. The number of hydrogen-bond donors (Lipinski definition) is 2. The zero-order valence-corrected chi connectivity index (χ0v) is 16.0. The Bertz CT molecular complexity index is 283. The highest BCUT2D eigenvalue weighted by Gasteiger charge is 2.15. The summed E-state index contributed by atoms with van der Waals surface area (Å²) in [4.78, 5) is 14.3. The monoisotopic (exact) mass is 355 g/mol. The van der Waals surface area contributed by atoms with E-state index in [0.717, 1.165) is 31.7 Å². The summed E-state index contributed by atoms with van der Waals surface area (Å²) in [6.07, 6.45) is 5.64. The topological polar surface area (TPSA) is 58.4 Å². The highest BCUT2D eigenvalue weighted by atomic mass is 35.5. The van der Waals surface area contributed by atoms with Crippen LogP contribution in [0.15, 0.2) is 0 Å². The molecule has 6 heteroatoms. The van der Waals surface area contributed by atoms with Crippen LogP contribution in [0.25, 0.3) is 0 Å². The molecule has 0 aliphatic carbocycles. The first-order valence-electron chi connectivity index (χ1n) is 8.24. The third-order valence-corrected chi connectivity index (χ3v) is 4.14. The van der Waals surface area contributed by atoms with E-state index in [-0.39, 0.29) is 36.8 Å². The molecule has 1 atom stereocenters. The van der Waals surface area contributed by atoms with Gasteiger partial charge in [0, 0.05) is 6.54 Å². The number of carbonyl (C=O) groups excluding carboxylic acids is 1. The molecule has 4 nitrogen and oxygen atoms in total. The fraction of sp³-hybridized carbons (Fsp3) is 0.938. The minimum atomic E-state index is -0.349. The Morgan fingerprint density at radius 2 is 1.82 bits per heavy atom. The van der Waals surface area contributed by atoms with Gasteiger partial charge in [-0.2, -0.15) is 0 Å². The largest absolute Gasteiger partial charge is 0.355 e. The number of nitrogens with one attached hydrogen (secondary N) is 1. The Labute approximate surface area is 148 Å². The van der Waals surface area contributed by atoms with Crippen LogP contribution in [0.4, 0.5) is 0 Å². The predicted molar refractivity (Wildman–Crippen MR) is 99.0 cm³/mol. The maximum Gasteiger partial charge on any atom is 0.236 e. The van der Waals surface area contributed by atoms with E-state index in [9.17, 15) is 4.79 Å². The number of hydrogen-bond acceptors (Lipinski definition) is 3. The molecule has 0 aromatic heterocycles. The molecule has 0 bridgehead atoms. The van der Waals surface area contributed by atoms with Crippen molar-refractivity contribution in [3.8, 4) is 0 Å². The molecule has 1 saturated heterocycles. The van der Waals surface area contributed by atoms with Gasteiger partial charge in [0.2, 0.25) is 5.91 Å². The molecule has 1 aliphatic rings. The van der Waals surface area contributed by atoms with Crippen LogP contribution in [-0.2, 0) is 4.79 Å². The van der Waals surface area contributed by atoms with Crippen LogP contribution in [0.2, 0.25) is 0 Å². The van der Waals surface area contributed by atoms with E-state index in [4.69, 9.17) is 5.73 Å². The molecule has 0 spiro atoms. The van der Waals surface area contributed by atoms with Crippen LogP contribution < -0.4 is 11.1 Å². The summed E-state index contributed by atoms with van der Waals surface area (Å²) in [5, 5.41) is 2.95. The second-order valence-corrected chi connectivity index (χ2v) is 6.76. The Hall–Kier alpha value is -0.0300. The van der Waals surface area contributed by atoms with Gasteiger partial charge in [-0.15, -0.1) is 24.8 Å². The van der Waals surface area contributed by atoms with Crippen molar-refractivity contribution in [2.75, 3.05) is 26.2 Å². The third kappa shape index (κ3) is 10.7. The van der Waals surface area contributed by atoms with Crippen molar-refractivity contribution in [2.24, 2.45) is 17.6 Å². The minimum Gasteiger partial charge on any atom is -0.355 e. The van der Waals surface area contributed by atoms with E-state index in [1.807, 2.05) is 0 Å². The van der Waals surface area contributed by atoms with Gasteiger partial charge in [0.05, 0.1) is 6.04 Å². The number of rotatable bonds is 8. The highest BCUT2D eigenvalue weighted by Crippen LogP contribution is 2.16. The lowest BCUT2D eigenvalue weighted by Gasteiger charge is -2.30. The molecule has 1 aliphatic heterocycles. The molecule has 3 N–H and O–H groups in total. The van der Waals surface area contributed by atoms with E-state index in [2.05, 4.69) is 31.0 Å². The molecule has 0 aromatic carbocycles. The van der Waals surface area contributed by atoms with Crippen molar-refractivity contribution in [1.82, 2.24) is 10.2 Å². The zero-order valence-electron chi connectivity index (χ0n) is 14.3. The van der Waals surface area contributed by atoms with E-state index in [0.29, 0.717) is 5.92 Å². The summed E-state index contributed by atoms with van der Waals surface area (Å²) in [5.74, 6) is 1.37. The predicted octanol–water partition coefficient (Wildman–Crippen LogP) is 2.83. The first-order valence-corrected chi connectivity index (χ1v) is 8.24. The lowest BCUT2D eigenvalue weighted by Crippen LogP contribution is -2.41. The summed E-state index contributed by atoms with van der Waals surface area (Å²) in [6.45, 7) is 10.9. The fourth-order valence-corrected chi connectivity index (χ4v) is 2.70. The molecule has 0 saturated carbocycles. The molecule has 1 rings (SSSR count). The van der Waals surface area contributed by atoms with Crippen molar-refractivity contribution in [3.63, 3.8) is 0 Å². The van der Waals surface area contributed by atoms with E-state index >= 15 is 0 Å². The Morgan fingerprint density at radius 1 is 1.23 bits per heavy atom. The molecule has 22 heavy (non-hydrogen) atoms. The first-order chi connectivity index (χ1) is 9.49. The number of unbranched alkanes of at least 4 members (excludes halogenated alkanes) is 1. The van der Waals surface area contributed by atoms with Crippen LogP contribution in [-0.4, -0.2) is 43.0 Å². The Morgan fingerprint density at radius 3 is 2.36 bits per heavy atom. The van der Waals surface area contributed by atoms with Gasteiger partial charge in [-0.3, -0.25) is 4.79 Å². The van der Waals surface area contributed by atoms with Gasteiger partial charge < -0.3 is 16.0 Å². The SMILES string of the molecule is CC(C)C[C@H](N)C(=O)NCCCCN1CCC(C)CC1.Cl.Cl. The second-order valence-electron chi connectivity index (χ2n) is 6.76. The zero-order chi connectivity index (χ0) is 15.0. The van der Waals surface area contributed by atoms with Gasteiger partial charge in [-0.25, -0.2) is 0 Å². The second kappa shape index (κ2) is 13.4. The molecular formula is C16H35Cl2N3O. The quantitative estimate of drug-likeness (QED) is 0.658. The Kier molecular flexibility index (Phi) is 14.8.